The molecule has 0 fully saturated rings. The van der Waals surface area contributed by atoms with Gasteiger partial charge in [0.25, 0.3) is 0 Å². The molecule has 0 aliphatic rings. The molecule has 25 heavy (non-hydrogen) atoms. The molecule has 7 nitrogen and oxygen atoms in total. The quantitative estimate of drug-likeness (QED) is 0.383. The summed E-state index contributed by atoms with van der Waals surface area (Å²) in [6.07, 6.45) is 4.22. The molecule has 1 aromatic rings. The second kappa shape index (κ2) is 10.2. The third kappa shape index (κ3) is 5.41. The molecular weight excluding hydrogens is 328 g/mol. The molecule has 0 saturated carbocycles. The van der Waals surface area contributed by atoms with Gasteiger partial charge in [-0.3, -0.25) is 9.59 Å². The van der Waals surface area contributed by atoms with Gasteiger partial charge in [-0.15, -0.1) is 0 Å². The van der Waals surface area contributed by atoms with E-state index < -0.39 is 17.9 Å². The first-order valence-corrected chi connectivity index (χ1v) is 7.61. The van der Waals surface area contributed by atoms with E-state index in [0.717, 1.165) is 5.56 Å². The van der Waals surface area contributed by atoms with Crippen LogP contribution in [0.25, 0.3) is 0 Å². The second-order valence-electron chi connectivity index (χ2n) is 5.02. The van der Waals surface area contributed by atoms with Crippen molar-refractivity contribution in [3.63, 3.8) is 0 Å². The average Bonchev–Trinajstić information content (AvgIpc) is 2.66. The molecule has 0 atom stereocenters. The van der Waals surface area contributed by atoms with E-state index in [-0.39, 0.29) is 6.42 Å². The Hall–Kier alpha value is -2.70. The molecule has 7 heteroatoms. The van der Waals surface area contributed by atoms with Crippen LogP contribution < -0.4 is 14.2 Å². The van der Waals surface area contributed by atoms with E-state index in [2.05, 4.69) is 9.47 Å². The zero-order valence-corrected chi connectivity index (χ0v) is 15.2. The Kier molecular flexibility index (Phi) is 8.32. The van der Waals surface area contributed by atoms with Gasteiger partial charge in [0.05, 0.1) is 35.5 Å². The lowest BCUT2D eigenvalue weighted by molar-refractivity contribution is -0.158. The van der Waals surface area contributed by atoms with Crippen LogP contribution in [0.1, 0.15) is 12.0 Å². The molecule has 0 aliphatic heterocycles. The number of allylic oxidation sites excluding steroid dienone is 2. The molecule has 0 saturated heterocycles. The van der Waals surface area contributed by atoms with Gasteiger partial charge < -0.3 is 23.7 Å². The maximum Gasteiger partial charge on any atom is 0.320 e. The number of rotatable bonds is 9. The summed E-state index contributed by atoms with van der Waals surface area (Å²) in [5, 5.41) is 0. The maximum atomic E-state index is 11.6. The highest BCUT2D eigenvalue weighted by Gasteiger charge is 2.27. The number of carbonyl (C=O) groups is 2. The van der Waals surface area contributed by atoms with Crippen molar-refractivity contribution >= 4 is 11.9 Å². The Morgan fingerprint density at radius 3 is 1.80 bits per heavy atom. The van der Waals surface area contributed by atoms with Crippen LogP contribution in [-0.4, -0.2) is 47.5 Å². The monoisotopic (exact) mass is 352 g/mol. The van der Waals surface area contributed by atoms with Crippen molar-refractivity contribution in [1.29, 1.82) is 0 Å². The molecule has 0 bridgehead atoms. The van der Waals surface area contributed by atoms with Crippen LogP contribution >= 0.6 is 0 Å². The Balaban J connectivity index is 2.90. The molecule has 1 aromatic carbocycles. The molecule has 0 spiro atoms. The Morgan fingerprint density at radius 2 is 1.40 bits per heavy atom. The third-order valence-electron chi connectivity index (χ3n) is 3.65. The lowest BCUT2D eigenvalue weighted by atomic mass is 10.0. The van der Waals surface area contributed by atoms with Crippen LogP contribution in [0.5, 0.6) is 17.2 Å². The zero-order chi connectivity index (χ0) is 18.8. The standard InChI is InChI=1S/C18H24O7/c1-21-12-10-15(22-2)13(16(11-12)23-3)8-6-7-9-14(17(19)24-4)18(20)25-5/h6-7,10-11,14H,8-9H2,1-5H3/b7-6+. The molecule has 0 unspecified atom stereocenters. The van der Waals surface area contributed by atoms with Crippen molar-refractivity contribution < 1.29 is 33.3 Å². The van der Waals surface area contributed by atoms with Crippen molar-refractivity contribution in [1.82, 2.24) is 0 Å². The van der Waals surface area contributed by atoms with Crippen molar-refractivity contribution in [2.75, 3.05) is 35.5 Å². The van der Waals surface area contributed by atoms with E-state index in [0.29, 0.717) is 23.7 Å². The number of hydrogen-bond donors (Lipinski definition) is 0. The van der Waals surface area contributed by atoms with Gasteiger partial charge in [-0.05, 0) is 12.8 Å². The first kappa shape index (κ1) is 20.3. The summed E-state index contributed by atoms with van der Waals surface area (Å²) in [6, 6.07) is 3.52. The smallest absolute Gasteiger partial charge is 0.320 e. The summed E-state index contributed by atoms with van der Waals surface area (Å²) < 4.78 is 25.2. The van der Waals surface area contributed by atoms with Gasteiger partial charge in [-0.25, -0.2) is 0 Å². The van der Waals surface area contributed by atoms with Gasteiger partial charge in [0.15, 0.2) is 5.92 Å². The fraction of sp³-hybridized carbons (Fsp3) is 0.444. The molecule has 0 amide bonds. The largest absolute Gasteiger partial charge is 0.496 e. The Morgan fingerprint density at radius 1 is 0.880 bits per heavy atom. The highest BCUT2D eigenvalue weighted by molar-refractivity contribution is 5.94. The van der Waals surface area contributed by atoms with Gasteiger partial charge >= 0.3 is 11.9 Å². The topological polar surface area (TPSA) is 80.3 Å². The summed E-state index contributed by atoms with van der Waals surface area (Å²) in [6.45, 7) is 0. The van der Waals surface area contributed by atoms with Gasteiger partial charge in [0.2, 0.25) is 0 Å². The predicted molar refractivity (Wildman–Crippen MR) is 91.1 cm³/mol. The van der Waals surface area contributed by atoms with Gasteiger partial charge in [-0.1, -0.05) is 12.2 Å². The van der Waals surface area contributed by atoms with Crippen molar-refractivity contribution in [3.8, 4) is 17.2 Å². The fourth-order valence-corrected chi connectivity index (χ4v) is 2.29. The molecule has 1 rings (SSSR count). The van der Waals surface area contributed by atoms with Crippen molar-refractivity contribution in [2.45, 2.75) is 12.8 Å². The van der Waals surface area contributed by atoms with E-state index in [9.17, 15) is 9.59 Å². The SMILES string of the molecule is COC(=O)C(C/C=C/Cc1c(OC)cc(OC)cc1OC)C(=O)OC. The maximum absolute atomic E-state index is 11.6. The highest BCUT2D eigenvalue weighted by atomic mass is 16.5. The van der Waals surface area contributed by atoms with Crippen molar-refractivity contribution in [3.05, 3.63) is 29.8 Å². The summed E-state index contributed by atoms with van der Waals surface area (Å²) in [5.41, 5.74) is 0.828. The molecule has 0 aromatic heterocycles. The first-order chi connectivity index (χ1) is 12.0. The number of hydrogen-bond acceptors (Lipinski definition) is 7. The minimum Gasteiger partial charge on any atom is -0.496 e. The van der Waals surface area contributed by atoms with Gasteiger partial charge in [-0.2, -0.15) is 0 Å². The molecule has 138 valence electrons. The van der Waals surface area contributed by atoms with Gasteiger partial charge in [0, 0.05) is 17.7 Å². The Bertz CT molecular complexity index is 581. The lowest BCUT2D eigenvalue weighted by Crippen LogP contribution is -2.25. The van der Waals surface area contributed by atoms with Crippen LogP contribution in [-0.2, 0) is 25.5 Å². The molecule has 0 N–H and O–H groups in total. The van der Waals surface area contributed by atoms with E-state index in [1.807, 2.05) is 6.08 Å². The number of carbonyl (C=O) groups excluding carboxylic acids is 2. The second-order valence-corrected chi connectivity index (χ2v) is 5.02. The number of methoxy groups -OCH3 is 5. The van der Waals surface area contributed by atoms with Crippen LogP contribution in [0.4, 0.5) is 0 Å². The molecule has 0 radical (unpaired) electrons. The normalized spacial score (nSPS) is 10.6. The van der Waals surface area contributed by atoms with Crippen LogP contribution in [0.2, 0.25) is 0 Å². The summed E-state index contributed by atoms with van der Waals surface area (Å²) in [4.78, 5) is 23.3. The Labute approximate surface area is 147 Å². The van der Waals surface area contributed by atoms with Crippen LogP contribution in [0, 0.1) is 5.92 Å². The fourth-order valence-electron chi connectivity index (χ4n) is 2.29. The van der Waals surface area contributed by atoms with E-state index in [4.69, 9.17) is 14.2 Å². The number of benzene rings is 1. The minimum atomic E-state index is -0.981. The summed E-state index contributed by atoms with van der Waals surface area (Å²) in [7, 11) is 7.15. The lowest BCUT2D eigenvalue weighted by Gasteiger charge is -2.14. The highest BCUT2D eigenvalue weighted by Crippen LogP contribution is 2.34. The molecule has 0 aliphatic carbocycles. The minimum absolute atomic E-state index is 0.181. The van der Waals surface area contributed by atoms with Gasteiger partial charge in [0.1, 0.15) is 17.2 Å². The van der Waals surface area contributed by atoms with Crippen LogP contribution in [0.3, 0.4) is 0 Å². The number of ether oxygens (including phenoxy) is 5. The summed E-state index contributed by atoms with van der Waals surface area (Å²) in [5.74, 6) is -0.368. The summed E-state index contributed by atoms with van der Waals surface area (Å²) >= 11 is 0. The predicted octanol–water partition coefficient (Wildman–Crippen LogP) is 2.16. The van der Waals surface area contributed by atoms with E-state index in [1.165, 1.54) is 14.2 Å². The first-order valence-electron chi connectivity index (χ1n) is 7.61. The van der Waals surface area contributed by atoms with E-state index in [1.54, 1.807) is 39.5 Å². The number of esters is 2. The van der Waals surface area contributed by atoms with Crippen molar-refractivity contribution in [2.24, 2.45) is 5.92 Å². The average molecular weight is 352 g/mol. The van der Waals surface area contributed by atoms with E-state index >= 15 is 0 Å². The molecular formula is C18H24O7. The third-order valence-corrected chi connectivity index (χ3v) is 3.65. The van der Waals surface area contributed by atoms with Crippen LogP contribution in [0.15, 0.2) is 24.3 Å². The molecule has 0 heterocycles. The zero-order valence-electron chi connectivity index (χ0n) is 15.2.